The average Bonchev–Trinajstić information content (AvgIpc) is 2.64. The number of urea groups is 1. The van der Waals surface area contributed by atoms with Crippen molar-refractivity contribution < 1.29 is 9.90 Å². The van der Waals surface area contributed by atoms with Crippen molar-refractivity contribution >= 4 is 6.03 Å². The summed E-state index contributed by atoms with van der Waals surface area (Å²) < 4.78 is 0. The number of carbonyl (C=O) groups is 1. The highest BCUT2D eigenvalue weighted by molar-refractivity contribution is 5.75. The van der Waals surface area contributed by atoms with Crippen molar-refractivity contribution in [3.05, 3.63) is 54.4 Å². The van der Waals surface area contributed by atoms with Crippen molar-refractivity contribution in [2.24, 2.45) is 0 Å². The Labute approximate surface area is 148 Å². The lowest BCUT2D eigenvalue weighted by Crippen LogP contribution is -2.49. The van der Waals surface area contributed by atoms with E-state index in [-0.39, 0.29) is 18.1 Å². The Kier molecular flexibility index (Phi) is 5.66. The van der Waals surface area contributed by atoms with Gasteiger partial charge in [-0.25, -0.2) is 4.79 Å². The second-order valence-electron chi connectivity index (χ2n) is 6.66. The van der Waals surface area contributed by atoms with Crippen LogP contribution in [0.15, 0.2) is 48.8 Å². The van der Waals surface area contributed by atoms with Crippen LogP contribution in [0.25, 0.3) is 11.1 Å². The molecule has 0 unspecified atom stereocenters. The average molecular weight is 339 g/mol. The Morgan fingerprint density at radius 1 is 1.16 bits per heavy atom. The summed E-state index contributed by atoms with van der Waals surface area (Å²) in [7, 11) is 0. The first kappa shape index (κ1) is 17.4. The van der Waals surface area contributed by atoms with Crippen LogP contribution in [0.3, 0.4) is 0 Å². The number of aliphatic hydroxyl groups excluding tert-OH is 1. The molecule has 0 aliphatic heterocycles. The predicted molar refractivity (Wildman–Crippen MR) is 98.0 cm³/mol. The van der Waals surface area contributed by atoms with E-state index in [1.54, 1.807) is 6.20 Å². The smallest absolute Gasteiger partial charge is 0.315 e. The third-order valence-electron chi connectivity index (χ3n) is 4.80. The van der Waals surface area contributed by atoms with Crippen LogP contribution in [0.2, 0.25) is 0 Å². The lowest BCUT2D eigenvalue weighted by Gasteiger charge is -2.29. The number of hydrogen-bond acceptors (Lipinski definition) is 3. The van der Waals surface area contributed by atoms with Gasteiger partial charge in [0.15, 0.2) is 0 Å². The van der Waals surface area contributed by atoms with E-state index in [0.29, 0.717) is 0 Å². The molecule has 1 aromatic heterocycles. The van der Waals surface area contributed by atoms with Gasteiger partial charge in [0, 0.05) is 12.4 Å². The first-order valence-electron chi connectivity index (χ1n) is 8.89. The number of aliphatic hydroxyl groups is 1. The van der Waals surface area contributed by atoms with Gasteiger partial charge >= 0.3 is 6.03 Å². The SMILES string of the molecule is C[C@H](NC(=O)N[C@@H]1CCCC[C@H]1O)c1ccc(-c2cccnc2)cc1. The fraction of sp³-hybridized carbons (Fsp3) is 0.400. The minimum Gasteiger partial charge on any atom is -0.391 e. The lowest BCUT2D eigenvalue weighted by atomic mass is 9.93. The molecule has 5 nitrogen and oxygen atoms in total. The van der Waals surface area contributed by atoms with Gasteiger partial charge in [0.05, 0.1) is 18.2 Å². The molecule has 1 aromatic carbocycles. The molecule has 1 saturated carbocycles. The Balaban J connectivity index is 1.57. The topological polar surface area (TPSA) is 74.2 Å². The largest absolute Gasteiger partial charge is 0.391 e. The lowest BCUT2D eigenvalue weighted by molar-refractivity contribution is 0.0941. The van der Waals surface area contributed by atoms with E-state index >= 15 is 0 Å². The molecule has 3 atom stereocenters. The molecule has 132 valence electrons. The van der Waals surface area contributed by atoms with Crippen molar-refractivity contribution in [1.29, 1.82) is 0 Å². The van der Waals surface area contributed by atoms with Crippen molar-refractivity contribution in [3.8, 4) is 11.1 Å². The summed E-state index contributed by atoms with van der Waals surface area (Å²) >= 11 is 0. The van der Waals surface area contributed by atoms with Crippen LogP contribution in [0.4, 0.5) is 4.79 Å². The van der Waals surface area contributed by atoms with Gasteiger partial charge in [0.1, 0.15) is 0 Å². The third-order valence-corrected chi connectivity index (χ3v) is 4.80. The second-order valence-corrected chi connectivity index (χ2v) is 6.66. The summed E-state index contributed by atoms with van der Waals surface area (Å²) in [5.41, 5.74) is 3.20. The summed E-state index contributed by atoms with van der Waals surface area (Å²) in [6.45, 7) is 1.95. The van der Waals surface area contributed by atoms with E-state index in [4.69, 9.17) is 0 Å². The van der Waals surface area contributed by atoms with E-state index in [1.165, 1.54) is 0 Å². The van der Waals surface area contributed by atoms with E-state index in [1.807, 2.05) is 49.5 Å². The molecule has 2 aromatic rings. The second kappa shape index (κ2) is 8.12. The Hall–Kier alpha value is -2.40. The van der Waals surface area contributed by atoms with Crippen molar-refractivity contribution in [2.45, 2.75) is 50.8 Å². The van der Waals surface area contributed by atoms with Gasteiger partial charge in [0.25, 0.3) is 0 Å². The Morgan fingerprint density at radius 2 is 1.92 bits per heavy atom. The Morgan fingerprint density at radius 3 is 2.60 bits per heavy atom. The van der Waals surface area contributed by atoms with Crippen LogP contribution in [-0.2, 0) is 0 Å². The number of aromatic nitrogens is 1. The van der Waals surface area contributed by atoms with Gasteiger partial charge in [-0.3, -0.25) is 4.98 Å². The molecule has 1 heterocycles. The maximum atomic E-state index is 12.2. The van der Waals surface area contributed by atoms with Gasteiger partial charge in [0.2, 0.25) is 0 Å². The van der Waals surface area contributed by atoms with Crippen LogP contribution in [0.1, 0.15) is 44.2 Å². The van der Waals surface area contributed by atoms with Crippen LogP contribution in [0.5, 0.6) is 0 Å². The van der Waals surface area contributed by atoms with E-state index < -0.39 is 6.10 Å². The number of hydrogen-bond donors (Lipinski definition) is 3. The number of nitrogens with zero attached hydrogens (tertiary/aromatic N) is 1. The van der Waals surface area contributed by atoms with Gasteiger partial charge in [-0.15, -0.1) is 0 Å². The summed E-state index contributed by atoms with van der Waals surface area (Å²) in [6, 6.07) is 11.6. The minimum atomic E-state index is -0.437. The van der Waals surface area contributed by atoms with E-state index in [2.05, 4.69) is 15.6 Å². The molecule has 1 aliphatic rings. The third kappa shape index (κ3) is 4.57. The van der Waals surface area contributed by atoms with Gasteiger partial charge in [-0.2, -0.15) is 0 Å². The van der Waals surface area contributed by atoms with Crippen molar-refractivity contribution in [3.63, 3.8) is 0 Å². The normalized spacial score (nSPS) is 21.4. The number of nitrogens with one attached hydrogen (secondary N) is 2. The zero-order chi connectivity index (χ0) is 17.6. The monoisotopic (exact) mass is 339 g/mol. The quantitative estimate of drug-likeness (QED) is 0.799. The van der Waals surface area contributed by atoms with Crippen LogP contribution < -0.4 is 10.6 Å². The molecule has 1 aliphatic carbocycles. The summed E-state index contributed by atoms with van der Waals surface area (Å²) in [5.74, 6) is 0. The molecule has 1 fully saturated rings. The highest BCUT2D eigenvalue weighted by atomic mass is 16.3. The van der Waals surface area contributed by atoms with E-state index in [9.17, 15) is 9.90 Å². The zero-order valence-corrected chi connectivity index (χ0v) is 14.5. The molecule has 0 saturated heterocycles. The standard InChI is InChI=1S/C20H25N3O2/c1-14(22-20(25)23-18-6-2-3-7-19(18)24)15-8-10-16(11-9-15)17-5-4-12-21-13-17/h4-5,8-14,18-19,24H,2-3,6-7H2,1H3,(H2,22,23,25)/t14-,18+,19+/m0/s1. The van der Waals surface area contributed by atoms with E-state index in [0.717, 1.165) is 42.4 Å². The van der Waals surface area contributed by atoms with Gasteiger partial charge in [-0.1, -0.05) is 43.2 Å². The molecular formula is C20H25N3O2. The highest BCUT2D eigenvalue weighted by Crippen LogP contribution is 2.21. The zero-order valence-electron chi connectivity index (χ0n) is 14.5. The molecule has 2 amide bonds. The van der Waals surface area contributed by atoms with Crippen LogP contribution >= 0.6 is 0 Å². The molecule has 3 rings (SSSR count). The van der Waals surface area contributed by atoms with Crippen LogP contribution in [0, 0.1) is 0 Å². The number of carbonyl (C=O) groups excluding carboxylic acids is 1. The number of rotatable bonds is 4. The molecule has 0 radical (unpaired) electrons. The summed E-state index contributed by atoms with van der Waals surface area (Å²) in [6.07, 6.45) is 6.83. The summed E-state index contributed by atoms with van der Waals surface area (Å²) in [5, 5.41) is 15.8. The fourth-order valence-electron chi connectivity index (χ4n) is 3.27. The summed E-state index contributed by atoms with van der Waals surface area (Å²) in [4.78, 5) is 16.3. The maximum Gasteiger partial charge on any atom is 0.315 e. The number of pyridine rings is 1. The Bertz CT molecular complexity index is 688. The number of amides is 2. The van der Waals surface area contributed by atoms with Crippen molar-refractivity contribution in [1.82, 2.24) is 15.6 Å². The minimum absolute atomic E-state index is 0.108. The highest BCUT2D eigenvalue weighted by Gasteiger charge is 2.24. The molecule has 0 bridgehead atoms. The van der Waals surface area contributed by atoms with Crippen LogP contribution in [-0.4, -0.2) is 28.3 Å². The van der Waals surface area contributed by atoms with Crippen molar-refractivity contribution in [2.75, 3.05) is 0 Å². The first-order chi connectivity index (χ1) is 12.1. The molecular weight excluding hydrogens is 314 g/mol. The molecule has 25 heavy (non-hydrogen) atoms. The van der Waals surface area contributed by atoms with Gasteiger partial charge in [-0.05, 0) is 42.5 Å². The predicted octanol–water partition coefficient (Wildman–Crippen LogP) is 3.41. The first-order valence-corrected chi connectivity index (χ1v) is 8.89. The molecule has 5 heteroatoms. The van der Waals surface area contributed by atoms with Gasteiger partial charge < -0.3 is 15.7 Å². The molecule has 0 spiro atoms. The maximum absolute atomic E-state index is 12.2. The number of benzene rings is 1. The molecule has 3 N–H and O–H groups in total. The fourth-order valence-corrected chi connectivity index (χ4v) is 3.27.